The first kappa shape index (κ1) is 14.6. The van der Waals surface area contributed by atoms with Crippen LogP contribution in [0.25, 0.3) is 0 Å². The SMILES string of the molecule is CNC(=O)CN(C)C(=O)c1sc(NC2CCC2)nc1N. The molecule has 2 rings (SSSR count). The number of thiazole rings is 1. The van der Waals surface area contributed by atoms with E-state index in [0.29, 0.717) is 16.1 Å². The molecule has 1 aromatic rings. The Balaban J connectivity index is 2.03. The van der Waals surface area contributed by atoms with Crippen molar-refractivity contribution in [3.63, 3.8) is 0 Å². The number of anilines is 2. The summed E-state index contributed by atoms with van der Waals surface area (Å²) >= 11 is 1.24. The minimum atomic E-state index is -0.287. The van der Waals surface area contributed by atoms with Gasteiger partial charge in [-0.05, 0) is 19.3 Å². The molecule has 1 heterocycles. The molecule has 110 valence electrons. The van der Waals surface area contributed by atoms with Crippen molar-refractivity contribution in [3.05, 3.63) is 4.88 Å². The zero-order valence-corrected chi connectivity index (χ0v) is 12.4. The van der Waals surface area contributed by atoms with Gasteiger partial charge in [0.15, 0.2) is 5.13 Å². The lowest BCUT2D eigenvalue weighted by atomic mass is 9.93. The Hall–Kier alpha value is -1.83. The number of hydrogen-bond acceptors (Lipinski definition) is 6. The summed E-state index contributed by atoms with van der Waals surface area (Å²) < 4.78 is 0. The van der Waals surface area contributed by atoms with Crippen molar-refractivity contribution in [2.45, 2.75) is 25.3 Å². The van der Waals surface area contributed by atoms with Gasteiger partial charge in [-0.15, -0.1) is 0 Å². The molecular formula is C12H19N5O2S. The number of nitrogens with one attached hydrogen (secondary N) is 2. The van der Waals surface area contributed by atoms with Gasteiger partial charge in [0.05, 0.1) is 6.54 Å². The first-order valence-electron chi connectivity index (χ1n) is 6.50. The number of amides is 2. The van der Waals surface area contributed by atoms with Crippen LogP contribution in [0.1, 0.15) is 28.9 Å². The first-order valence-corrected chi connectivity index (χ1v) is 7.31. The van der Waals surface area contributed by atoms with Crippen molar-refractivity contribution in [2.24, 2.45) is 0 Å². The lowest BCUT2D eigenvalue weighted by molar-refractivity contribution is -0.121. The molecule has 8 heteroatoms. The minimum absolute atomic E-state index is 0.00192. The Kier molecular flexibility index (Phi) is 4.43. The summed E-state index contributed by atoms with van der Waals surface area (Å²) in [5.74, 6) is -0.299. The van der Waals surface area contributed by atoms with Gasteiger partial charge in [0.2, 0.25) is 5.91 Å². The molecule has 0 bridgehead atoms. The van der Waals surface area contributed by atoms with Crippen LogP contribution in [0.2, 0.25) is 0 Å². The van der Waals surface area contributed by atoms with Gasteiger partial charge in [0.25, 0.3) is 5.91 Å². The molecule has 0 unspecified atom stereocenters. The van der Waals surface area contributed by atoms with E-state index in [1.165, 1.54) is 29.7 Å². The molecule has 1 aliphatic carbocycles. The standard InChI is InChI=1S/C12H19N5O2S/c1-14-8(18)6-17(2)11(19)9-10(13)16-12(20-9)15-7-4-3-5-7/h7H,3-6,13H2,1-2H3,(H,14,18)(H,15,16). The van der Waals surface area contributed by atoms with Gasteiger partial charge in [0, 0.05) is 20.1 Å². The number of nitrogens with zero attached hydrogens (tertiary/aromatic N) is 2. The Morgan fingerprint density at radius 1 is 1.50 bits per heavy atom. The summed E-state index contributed by atoms with van der Waals surface area (Å²) in [4.78, 5) is 29.4. The van der Waals surface area contributed by atoms with E-state index in [0.717, 1.165) is 12.8 Å². The van der Waals surface area contributed by atoms with Crippen molar-refractivity contribution < 1.29 is 9.59 Å². The topological polar surface area (TPSA) is 100 Å². The number of carbonyl (C=O) groups excluding carboxylic acids is 2. The van der Waals surface area contributed by atoms with Crippen LogP contribution in [-0.4, -0.2) is 48.4 Å². The predicted molar refractivity (Wildman–Crippen MR) is 78.8 cm³/mol. The molecule has 1 saturated carbocycles. The van der Waals surface area contributed by atoms with Crippen LogP contribution in [-0.2, 0) is 4.79 Å². The monoisotopic (exact) mass is 297 g/mol. The molecule has 1 fully saturated rings. The van der Waals surface area contributed by atoms with E-state index >= 15 is 0 Å². The largest absolute Gasteiger partial charge is 0.382 e. The Morgan fingerprint density at radius 3 is 2.75 bits per heavy atom. The molecule has 7 nitrogen and oxygen atoms in total. The van der Waals surface area contributed by atoms with E-state index in [9.17, 15) is 9.59 Å². The van der Waals surface area contributed by atoms with E-state index in [1.807, 2.05) is 0 Å². The zero-order chi connectivity index (χ0) is 14.7. The number of aromatic nitrogens is 1. The maximum atomic E-state index is 12.2. The van der Waals surface area contributed by atoms with E-state index in [-0.39, 0.29) is 24.2 Å². The molecule has 2 amide bonds. The second kappa shape index (κ2) is 6.08. The molecule has 0 atom stereocenters. The zero-order valence-electron chi connectivity index (χ0n) is 11.6. The fraction of sp³-hybridized carbons (Fsp3) is 0.583. The van der Waals surface area contributed by atoms with E-state index in [2.05, 4.69) is 15.6 Å². The highest BCUT2D eigenvalue weighted by atomic mass is 32.1. The van der Waals surface area contributed by atoms with Gasteiger partial charge < -0.3 is 21.3 Å². The van der Waals surface area contributed by atoms with Crippen molar-refractivity contribution in [1.29, 1.82) is 0 Å². The van der Waals surface area contributed by atoms with Crippen molar-refractivity contribution in [3.8, 4) is 0 Å². The number of nitrogens with two attached hydrogens (primary N) is 1. The molecule has 20 heavy (non-hydrogen) atoms. The molecule has 0 radical (unpaired) electrons. The second-order valence-electron chi connectivity index (χ2n) is 4.84. The van der Waals surface area contributed by atoms with Crippen molar-refractivity contribution >= 4 is 34.1 Å². The third-order valence-electron chi connectivity index (χ3n) is 3.29. The molecule has 1 aromatic heterocycles. The Labute approximate surface area is 121 Å². The first-order chi connectivity index (χ1) is 9.51. The maximum Gasteiger partial charge on any atom is 0.268 e. The fourth-order valence-corrected chi connectivity index (χ4v) is 2.77. The summed E-state index contributed by atoms with van der Waals surface area (Å²) in [5, 5.41) is 6.41. The van der Waals surface area contributed by atoms with Crippen LogP contribution in [0.15, 0.2) is 0 Å². The molecule has 0 spiro atoms. The quantitative estimate of drug-likeness (QED) is 0.735. The predicted octanol–water partition coefficient (Wildman–Crippen LogP) is 0.508. The Morgan fingerprint density at radius 2 is 2.20 bits per heavy atom. The number of hydrogen-bond donors (Lipinski definition) is 3. The fourth-order valence-electron chi connectivity index (χ4n) is 1.81. The van der Waals surface area contributed by atoms with Crippen LogP contribution < -0.4 is 16.4 Å². The van der Waals surface area contributed by atoms with Crippen LogP contribution in [0.3, 0.4) is 0 Å². The highest BCUT2D eigenvalue weighted by Crippen LogP contribution is 2.30. The van der Waals surface area contributed by atoms with Gasteiger partial charge >= 0.3 is 0 Å². The van der Waals surface area contributed by atoms with Gasteiger partial charge in [-0.25, -0.2) is 4.98 Å². The maximum absolute atomic E-state index is 12.2. The highest BCUT2D eigenvalue weighted by molar-refractivity contribution is 7.18. The highest BCUT2D eigenvalue weighted by Gasteiger charge is 2.23. The smallest absolute Gasteiger partial charge is 0.268 e. The van der Waals surface area contributed by atoms with Gasteiger partial charge in [0.1, 0.15) is 10.7 Å². The third kappa shape index (κ3) is 3.19. The van der Waals surface area contributed by atoms with Crippen LogP contribution in [0.4, 0.5) is 10.9 Å². The molecule has 0 aliphatic heterocycles. The van der Waals surface area contributed by atoms with Gasteiger partial charge in [-0.2, -0.15) is 0 Å². The summed E-state index contributed by atoms with van der Waals surface area (Å²) in [7, 11) is 3.10. The lowest BCUT2D eigenvalue weighted by Gasteiger charge is -2.25. The summed E-state index contributed by atoms with van der Waals surface area (Å²) in [6.07, 6.45) is 3.47. The van der Waals surface area contributed by atoms with E-state index in [4.69, 9.17) is 5.73 Å². The van der Waals surface area contributed by atoms with Crippen molar-refractivity contribution in [1.82, 2.24) is 15.2 Å². The number of nitrogen functional groups attached to an aromatic ring is 1. The molecular weight excluding hydrogens is 278 g/mol. The second-order valence-corrected chi connectivity index (χ2v) is 5.84. The number of likely N-dealkylation sites (N-methyl/N-ethyl adjacent to an activating group) is 2. The van der Waals surface area contributed by atoms with E-state index in [1.54, 1.807) is 7.05 Å². The van der Waals surface area contributed by atoms with Crippen LogP contribution >= 0.6 is 11.3 Å². The van der Waals surface area contributed by atoms with Crippen LogP contribution in [0.5, 0.6) is 0 Å². The van der Waals surface area contributed by atoms with E-state index < -0.39 is 0 Å². The summed E-state index contributed by atoms with van der Waals surface area (Å²) in [6.45, 7) is -0.00192. The van der Waals surface area contributed by atoms with Crippen LogP contribution in [0, 0.1) is 0 Å². The van der Waals surface area contributed by atoms with Crippen molar-refractivity contribution in [2.75, 3.05) is 31.7 Å². The minimum Gasteiger partial charge on any atom is -0.382 e. The van der Waals surface area contributed by atoms with Gasteiger partial charge in [-0.1, -0.05) is 11.3 Å². The molecule has 0 saturated heterocycles. The molecule has 0 aromatic carbocycles. The average Bonchev–Trinajstić information content (AvgIpc) is 2.73. The van der Waals surface area contributed by atoms with Gasteiger partial charge in [-0.3, -0.25) is 9.59 Å². The average molecular weight is 297 g/mol. The molecule has 4 N–H and O–H groups in total. The number of carbonyl (C=O) groups is 2. The molecule has 1 aliphatic rings. The normalized spacial score (nSPS) is 14.5. The number of rotatable bonds is 5. The Bertz CT molecular complexity index is 512. The lowest BCUT2D eigenvalue weighted by Crippen LogP contribution is -2.36. The third-order valence-corrected chi connectivity index (χ3v) is 4.28. The summed E-state index contributed by atoms with van der Waals surface area (Å²) in [5.41, 5.74) is 5.79. The summed E-state index contributed by atoms with van der Waals surface area (Å²) in [6, 6.07) is 0.437.